The topological polar surface area (TPSA) is 51.6 Å². The summed E-state index contributed by atoms with van der Waals surface area (Å²) in [4.78, 5) is 10.5. The van der Waals surface area contributed by atoms with Crippen molar-refractivity contribution in [3.05, 3.63) is 131 Å². The van der Waals surface area contributed by atoms with E-state index in [2.05, 4.69) is 149 Å². The minimum atomic E-state index is 0.759. The molecule has 68 heavy (non-hydrogen) atoms. The van der Waals surface area contributed by atoms with Crippen LogP contribution in [0.3, 0.4) is 0 Å². The molecule has 0 amide bonds. The van der Waals surface area contributed by atoms with Gasteiger partial charge in [-0.15, -0.1) is 45.3 Å². The molecule has 2 unspecified atom stereocenters. The maximum atomic E-state index is 4.85. The Morgan fingerprint density at radius 1 is 0.368 bits per heavy atom. The number of benzene rings is 5. The standard InChI is InChI=1S/C58H54N4S6/c1-5-9-11-35(7-3)29-43-17-23-51(63-43)45-19-21-47(57-55(45)59-67-61-57)53-27-25-49(65-53)39-15-13-37-32-42-34-40(16-14-38(42)31-41(37)33-39)50-26-28-54(66-50)48-22-20-46(56-58(48)62-68-60-56)52-24-18-44(64-52)30-36(8-4)12-10-6-2/h13-28,31-36H,5-12,29-30H2,1-4H3. The van der Waals surface area contributed by atoms with Gasteiger partial charge in [0.2, 0.25) is 0 Å². The van der Waals surface area contributed by atoms with Gasteiger partial charge in [-0.25, -0.2) is 0 Å². The highest BCUT2D eigenvalue weighted by Crippen LogP contribution is 2.44. The monoisotopic (exact) mass is 998 g/mol. The summed E-state index contributed by atoms with van der Waals surface area (Å²) in [5.74, 6) is 1.52. The number of thiophene rings is 4. The highest BCUT2D eigenvalue weighted by molar-refractivity contribution is 7.19. The molecule has 0 saturated heterocycles. The molecule has 0 fully saturated rings. The van der Waals surface area contributed by atoms with Crippen LogP contribution in [0, 0.1) is 11.8 Å². The Labute approximate surface area is 424 Å². The van der Waals surface area contributed by atoms with Crippen LogP contribution in [-0.2, 0) is 12.8 Å². The van der Waals surface area contributed by atoms with Crippen LogP contribution in [0.4, 0.5) is 0 Å². The summed E-state index contributed by atoms with van der Waals surface area (Å²) in [7, 11) is 0. The van der Waals surface area contributed by atoms with E-state index in [1.165, 1.54) is 170 Å². The fraction of sp³-hybridized carbons (Fsp3) is 0.276. The first-order valence-electron chi connectivity index (χ1n) is 24.3. The van der Waals surface area contributed by atoms with E-state index in [9.17, 15) is 0 Å². The molecule has 0 aliphatic heterocycles. The second-order valence-electron chi connectivity index (χ2n) is 18.3. The highest BCUT2D eigenvalue weighted by atomic mass is 32.1. The summed E-state index contributed by atoms with van der Waals surface area (Å²) < 4.78 is 19.4. The fourth-order valence-electron chi connectivity index (χ4n) is 9.83. The van der Waals surface area contributed by atoms with Gasteiger partial charge in [0.25, 0.3) is 0 Å². The Hall–Kier alpha value is -4.94. The molecule has 0 aliphatic rings. The van der Waals surface area contributed by atoms with Crippen LogP contribution in [0.5, 0.6) is 0 Å². The Morgan fingerprint density at radius 3 is 1.12 bits per heavy atom. The third-order valence-electron chi connectivity index (χ3n) is 13.9. The van der Waals surface area contributed by atoms with E-state index in [1.54, 1.807) is 0 Å². The first kappa shape index (κ1) is 45.5. The Kier molecular flexibility index (Phi) is 13.5. The molecule has 2 atom stereocenters. The van der Waals surface area contributed by atoms with Gasteiger partial charge < -0.3 is 0 Å². The van der Waals surface area contributed by atoms with Crippen LogP contribution in [-0.4, -0.2) is 17.5 Å². The minimum Gasteiger partial charge on any atom is -0.172 e. The smallest absolute Gasteiger partial charge is 0.114 e. The summed E-state index contributed by atoms with van der Waals surface area (Å²) in [6.07, 6.45) is 12.6. The average Bonchev–Trinajstić information content (AvgIpc) is 4.24. The molecule has 0 aliphatic carbocycles. The minimum absolute atomic E-state index is 0.759. The van der Waals surface area contributed by atoms with Crippen LogP contribution in [0.15, 0.2) is 121 Å². The van der Waals surface area contributed by atoms with Crippen LogP contribution in [0.2, 0.25) is 0 Å². The molecule has 0 spiro atoms. The molecule has 342 valence electrons. The van der Waals surface area contributed by atoms with Gasteiger partial charge in [-0.2, -0.15) is 17.5 Å². The van der Waals surface area contributed by atoms with Gasteiger partial charge in [-0.3, -0.25) is 0 Å². The number of hydrogen-bond donors (Lipinski definition) is 0. The Bertz CT molecular complexity index is 3290. The van der Waals surface area contributed by atoms with E-state index in [-0.39, 0.29) is 0 Å². The van der Waals surface area contributed by atoms with Gasteiger partial charge in [-0.05, 0) is 130 Å². The van der Waals surface area contributed by atoms with Crippen molar-refractivity contribution in [1.82, 2.24) is 17.5 Å². The maximum Gasteiger partial charge on any atom is 0.114 e. The summed E-state index contributed by atoms with van der Waals surface area (Å²) >= 11 is 10.1. The molecule has 11 rings (SSSR count). The first-order chi connectivity index (χ1) is 33.5. The number of fused-ring (bicyclic) bond motifs is 4. The predicted molar refractivity (Wildman–Crippen MR) is 302 cm³/mol. The van der Waals surface area contributed by atoms with Crippen molar-refractivity contribution < 1.29 is 0 Å². The molecule has 10 heteroatoms. The molecule has 6 aromatic heterocycles. The quantitative estimate of drug-likeness (QED) is 0.0804. The van der Waals surface area contributed by atoms with Crippen molar-refractivity contribution >= 4 is 112 Å². The zero-order valence-corrected chi connectivity index (χ0v) is 43.9. The number of hydrogen-bond acceptors (Lipinski definition) is 10. The van der Waals surface area contributed by atoms with Crippen molar-refractivity contribution in [2.75, 3.05) is 0 Å². The van der Waals surface area contributed by atoms with Crippen LogP contribution in [0.25, 0.3) is 106 Å². The van der Waals surface area contributed by atoms with Crippen molar-refractivity contribution in [2.45, 2.75) is 91.9 Å². The third kappa shape index (κ3) is 9.16. The van der Waals surface area contributed by atoms with Crippen molar-refractivity contribution in [3.8, 4) is 62.6 Å². The third-order valence-corrected chi connectivity index (χ3v) is 19.5. The van der Waals surface area contributed by atoms with Gasteiger partial charge in [0.1, 0.15) is 22.1 Å². The van der Waals surface area contributed by atoms with E-state index in [0.29, 0.717) is 0 Å². The molecule has 6 heterocycles. The largest absolute Gasteiger partial charge is 0.172 e. The zero-order valence-electron chi connectivity index (χ0n) is 39.0. The van der Waals surface area contributed by atoms with E-state index in [0.717, 1.165) is 45.0 Å². The number of rotatable bonds is 18. The average molecular weight is 999 g/mol. The molecule has 0 N–H and O–H groups in total. The van der Waals surface area contributed by atoms with Gasteiger partial charge in [-0.1, -0.05) is 128 Å². The molecule has 0 radical (unpaired) electrons. The molecular weight excluding hydrogens is 945 g/mol. The first-order valence-corrected chi connectivity index (χ1v) is 29.1. The number of nitrogens with zero attached hydrogens (tertiary/aromatic N) is 4. The fourth-order valence-corrected chi connectivity index (χ4v) is 15.3. The normalized spacial score (nSPS) is 12.9. The lowest BCUT2D eigenvalue weighted by Crippen LogP contribution is -2.01. The number of unbranched alkanes of at least 4 members (excludes halogenated alkanes) is 2. The summed E-state index contributed by atoms with van der Waals surface area (Å²) in [5, 5.41) is 4.98. The SMILES string of the molecule is CCCCC(CC)Cc1ccc(-c2ccc(-c3ccc(-c4ccc5cc6cc(-c7ccc(-c8ccc(-c9ccc(CC(CC)CCCC)s9)c9nsnc89)s7)ccc6cc5c4)s3)c3nsnc23)s1. The lowest BCUT2D eigenvalue weighted by Gasteiger charge is -2.12. The molecule has 5 aromatic carbocycles. The summed E-state index contributed by atoms with van der Waals surface area (Å²) in [6.45, 7) is 9.25. The van der Waals surface area contributed by atoms with Crippen LogP contribution >= 0.6 is 68.8 Å². The second kappa shape index (κ2) is 20.2. The van der Waals surface area contributed by atoms with Crippen molar-refractivity contribution in [1.29, 1.82) is 0 Å². The molecule has 11 aromatic rings. The van der Waals surface area contributed by atoms with Crippen molar-refractivity contribution in [2.24, 2.45) is 11.8 Å². The van der Waals surface area contributed by atoms with Crippen LogP contribution < -0.4 is 0 Å². The zero-order chi connectivity index (χ0) is 46.1. The molecule has 0 saturated carbocycles. The van der Waals surface area contributed by atoms with Crippen molar-refractivity contribution in [3.63, 3.8) is 0 Å². The van der Waals surface area contributed by atoms with E-state index in [1.807, 2.05) is 45.3 Å². The van der Waals surface area contributed by atoms with Gasteiger partial charge in [0, 0.05) is 61.3 Å². The summed E-state index contributed by atoms with van der Waals surface area (Å²) in [5.41, 5.74) is 11.2. The van der Waals surface area contributed by atoms with Gasteiger partial charge in [0.05, 0.1) is 23.5 Å². The molecule has 4 nitrogen and oxygen atoms in total. The molecule has 0 bridgehead atoms. The second-order valence-corrected chi connectivity index (χ2v) is 23.9. The Morgan fingerprint density at radius 2 is 0.735 bits per heavy atom. The van der Waals surface area contributed by atoms with E-state index < -0.39 is 0 Å². The van der Waals surface area contributed by atoms with E-state index in [4.69, 9.17) is 17.5 Å². The Balaban J connectivity index is 0.810. The summed E-state index contributed by atoms with van der Waals surface area (Å²) in [6, 6.07) is 45.8. The number of aromatic nitrogens is 4. The molecular formula is C58H54N4S6. The predicted octanol–water partition coefficient (Wildman–Crippen LogP) is 19.8. The lowest BCUT2D eigenvalue weighted by atomic mass is 9.95. The highest BCUT2D eigenvalue weighted by Gasteiger charge is 2.20. The van der Waals surface area contributed by atoms with Gasteiger partial charge in [0.15, 0.2) is 0 Å². The van der Waals surface area contributed by atoms with E-state index >= 15 is 0 Å². The van der Waals surface area contributed by atoms with Crippen LogP contribution in [0.1, 0.15) is 88.8 Å². The lowest BCUT2D eigenvalue weighted by molar-refractivity contribution is 0.452. The maximum absolute atomic E-state index is 4.85. The van der Waals surface area contributed by atoms with Gasteiger partial charge >= 0.3 is 0 Å².